The largest absolute Gasteiger partial charge is 0.368 e. The van der Waals surface area contributed by atoms with Gasteiger partial charge in [0.2, 0.25) is 0 Å². The lowest BCUT2D eigenvalue weighted by atomic mass is 10.1. The Morgan fingerprint density at radius 1 is 1.41 bits per heavy atom. The predicted molar refractivity (Wildman–Crippen MR) is 64.0 cm³/mol. The lowest BCUT2D eigenvalue weighted by molar-refractivity contribution is 0.578. The summed E-state index contributed by atoms with van der Waals surface area (Å²) in [6.45, 7) is 0.893. The maximum atomic E-state index is 6.09. The molecule has 1 saturated carbocycles. The number of hydrogen-bond acceptors (Lipinski definition) is 5. The number of fused-ring (bicyclic) bond motifs is 1. The maximum absolute atomic E-state index is 6.09. The quantitative estimate of drug-likeness (QED) is 0.835. The Hall–Kier alpha value is -1.43. The van der Waals surface area contributed by atoms with Crippen LogP contribution in [0.15, 0.2) is 12.4 Å². The fraction of sp³-hybridized carbons (Fsp3) is 0.600. The van der Waals surface area contributed by atoms with E-state index in [4.69, 9.17) is 11.6 Å². The minimum absolute atomic E-state index is 0.337. The van der Waals surface area contributed by atoms with E-state index in [-0.39, 0.29) is 0 Å². The van der Waals surface area contributed by atoms with Crippen LogP contribution in [-0.2, 0) is 0 Å². The molecule has 1 fully saturated rings. The SMILES string of the molecule is ClC1CCC(CNc2cncc3nnnn23)C1. The van der Waals surface area contributed by atoms with Crippen molar-refractivity contribution in [2.24, 2.45) is 5.92 Å². The molecule has 2 aromatic rings. The van der Waals surface area contributed by atoms with Gasteiger partial charge in [-0.05, 0) is 35.6 Å². The zero-order valence-electron chi connectivity index (χ0n) is 9.25. The van der Waals surface area contributed by atoms with E-state index in [1.165, 1.54) is 6.42 Å². The lowest BCUT2D eigenvalue weighted by Crippen LogP contribution is -2.14. The van der Waals surface area contributed by atoms with Crippen LogP contribution in [0, 0.1) is 5.92 Å². The molecule has 2 atom stereocenters. The van der Waals surface area contributed by atoms with Gasteiger partial charge in [-0.25, -0.2) is 0 Å². The van der Waals surface area contributed by atoms with Gasteiger partial charge in [0.25, 0.3) is 0 Å². The van der Waals surface area contributed by atoms with E-state index < -0.39 is 0 Å². The average molecular weight is 253 g/mol. The summed E-state index contributed by atoms with van der Waals surface area (Å²) in [6, 6.07) is 0. The molecule has 17 heavy (non-hydrogen) atoms. The number of aromatic nitrogens is 5. The van der Waals surface area contributed by atoms with Crippen molar-refractivity contribution in [3.05, 3.63) is 12.4 Å². The van der Waals surface area contributed by atoms with E-state index in [2.05, 4.69) is 25.8 Å². The monoisotopic (exact) mass is 252 g/mol. The molecule has 0 amide bonds. The second-order valence-electron chi connectivity index (χ2n) is 4.40. The molecule has 7 heteroatoms. The van der Waals surface area contributed by atoms with Crippen LogP contribution in [0.25, 0.3) is 5.65 Å². The van der Waals surface area contributed by atoms with Crippen LogP contribution in [0.3, 0.4) is 0 Å². The van der Waals surface area contributed by atoms with Gasteiger partial charge in [0.15, 0.2) is 5.65 Å². The van der Waals surface area contributed by atoms with E-state index >= 15 is 0 Å². The molecule has 0 spiro atoms. The Balaban J connectivity index is 1.70. The van der Waals surface area contributed by atoms with Crippen molar-refractivity contribution < 1.29 is 0 Å². The number of alkyl halides is 1. The first-order valence-electron chi connectivity index (χ1n) is 5.73. The summed E-state index contributed by atoms with van der Waals surface area (Å²) >= 11 is 6.09. The molecule has 6 nitrogen and oxygen atoms in total. The highest BCUT2D eigenvalue weighted by atomic mass is 35.5. The van der Waals surface area contributed by atoms with Gasteiger partial charge in [0, 0.05) is 11.9 Å². The molecule has 0 aliphatic heterocycles. The summed E-state index contributed by atoms with van der Waals surface area (Å²) in [7, 11) is 0. The molecule has 0 bridgehead atoms. The first-order valence-corrected chi connectivity index (χ1v) is 6.16. The number of halogens is 1. The van der Waals surface area contributed by atoms with Crippen LogP contribution < -0.4 is 5.32 Å². The number of nitrogens with zero attached hydrogens (tertiary/aromatic N) is 5. The molecule has 90 valence electrons. The Bertz CT molecular complexity index is 512. The van der Waals surface area contributed by atoms with E-state index in [0.29, 0.717) is 16.9 Å². The maximum Gasteiger partial charge on any atom is 0.199 e. The Kier molecular flexibility index (Phi) is 2.80. The molecule has 1 aliphatic rings. The number of tetrazole rings is 1. The highest BCUT2D eigenvalue weighted by molar-refractivity contribution is 6.20. The van der Waals surface area contributed by atoms with Crippen molar-refractivity contribution >= 4 is 23.1 Å². The Morgan fingerprint density at radius 2 is 2.35 bits per heavy atom. The van der Waals surface area contributed by atoms with Gasteiger partial charge in [-0.1, -0.05) is 0 Å². The molecule has 1 aliphatic carbocycles. The van der Waals surface area contributed by atoms with Crippen LogP contribution in [0.4, 0.5) is 5.82 Å². The summed E-state index contributed by atoms with van der Waals surface area (Å²) < 4.78 is 1.65. The van der Waals surface area contributed by atoms with Crippen molar-refractivity contribution in [2.75, 3.05) is 11.9 Å². The average Bonchev–Trinajstić information content (AvgIpc) is 2.94. The highest BCUT2D eigenvalue weighted by Gasteiger charge is 2.22. The second-order valence-corrected chi connectivity index (χ2v) is 5.02. The van der Waals surface area contributed by atoms with E-state index in [1.54, 1.807) is 16.9 Å². The predicted octanol–water partition coefficient (Wildman–Crippen LogP) is 1.34. The van der Waals surface area contributed by atoms with Gasteiger partial charge in [-0.3, -0.25) is 4.98 Å². The molecule has 3 rings (SSSR count). The third-order valence-corrected chi connectivity index (χ3v) is 3.55. The number of nitrogens with one attached hydrogen (secondary N) is 1. The van der Waals surface area contributed by atoms with E-state index in [0.717, 1.165) is 25.2 Å². The molecular weight excluding hydrogens is 240 g/mol. The molecule has 0 radical (unpaired) electrons. The molecular formula is C10H13ClN6. The fourth-order valence-corrected chi connectivity index (χ4v) is 2.62. The third-order valence-electron chi connectivity index (χ3n) is 3.16. The van der Waals surface area contributed by atoms with Crippen molar-refractivity contribution in [3.63, 3.8) is 0 Å². The minimum Gasteiger partial charge on any atom is -0.368 e. The number of hydrogen-bond donors (Lipinski definition) is 1. The van der Waals surface area contributed by atoms with Crippen molar-refractivity contribution in [1.29, 1.82) is 0 Å². The summed E-state index contributed by atoms with van der Waals surface area (Å²) in [6.07, 6.45) is 6.74. The highest BCUT2D eigenvalue weighted by Crippen LogP contribution is 2.29. The van der Waals surface area contributed by atoms with E-state index in [1.807, 2.05) is 0 Å². The molecule has 0 saturated heterocycles. The van der Waals surface area contributed by atoms with Gasteiger partial charge < -0.3 is 5.32 Å². The zero-order chi connectivity index (χ0) is 11.7. The summed E-state index contributed by atoms with van der Waals surface area (Å²) in [5, 5.41) is 15.0. The molecule has 1 N–H and O–H groups in total. The van der Waals surface area contributed by atoms with Gasteiger partial charge in [0.1, 0.15) is 5.82 Å². The first kappa shape index (κ1) is 10.7. The summed E-state index contributed by atoms with van der Waals surface area (Å²) in [5.41, 5.74) is 0.650. The van der Waals surface area contributed by atoms with Crippen molar-refractivity contribution in [1.82, 2.24) is 25.0 Å². The zero-order valence-corrected chi connectivity index (χ0v) is 10.0. The topological polar surface area (TPSA) is 68.0 Å². The normalized spacial score (nSPS) is 24.3. The molecule has 2 heterocycles. The lowest BCUT2D eigenvalue weighted by Gasteiger charge is -2.11. The molecule has 2 unspecified atom stereocenters. The molecule has 0 aromatic carbocycles. The minimum atomic E-state index is 0.337. The van der Waals surface area contributed by atoms with Crippen LogP contribution in [0.2, 0.25) is 0 Å². The van der Waals surface area contributed by atoms with Crippen LogP contribution >= 0.6 is 11.6 Å². The van der Waals surface area contributed by atoms with Crippen molar-refractivity contribution in [2.45, 2.75) is 24.6 Å². The van der Waals surface area contributed by atoms with Crippen molar-refractivity contribution in [3.8, 4) is 0 Å². The Morgan fingerprint density at radius 3 is 3.18 bits per heavy atom. The molecule has 2 aromatic heterocycles. The fourth-order valence-electron chi connectivity index (χ4n) is 2.24. The van der Waals surface area contributed by atoms with Gasteiger partial charge in [-0.2, -0.15) is 4.52 Å². The smallest absolute Gasteiger partial charge is 0.199 e. The van der Waals surface area contributed by atoms with E-state index in [9.17, 15) is 0 Å². The Labute approximate surface area is 103 Å². The second kappa shape index (κ2) is 4.44. The number of rotatable bonds is 3. The van der Waals surface area contributed by atoms with Crippen LogP contribution in [0.5, 0.6) is 0 Å². The first-order chi connectivity index (χ1) is 8.33. The summed E-state index contributed by atoms with van der Waals surface area (Å²) in [5.74, 6) is 1.45. The van der Waals surface area contributed by atoms with Crippen LogP contribution in [-0.4, -0.2) is 36.9 Å². The van der Waals surface area contributed by atoms with Gasteiger partial charge in [-0.15, -0.1) is 16.7 Å². The standard InChI is InChI=1S/C10H13ClN6/c11-8-2-1-7(3-8)4-13-9-5-12-6-10-14-15-16-17(9)10/h5-8,13H,1-4H2. The van der Waals surface area contributed by atoms with Gasteiger partial charge >= 0.3 is 0 Å². The summed E-state index contributed by atoms with van der Waals surface area (Å²) in [4.78, 5) is 4.09. The number of anilines is 1. The third kappa shape index (κ3) is 2.17. The van der Waals surface area contributed by atoms with Crippen LogP contribution in [0.1, 0.15) is 19.3 Å². The van der Waals surface area contributed by atoms with Gasteiger partial charge in [0.05, 0.1) is 12.4 Å².